The Labute approximate surface area is 157 Å². The van der Waals surface area contributed by atoms with E-state index >= 15 is 0 Å². The van der Waals surface area contributed by atoms with Gasteiger partial charge in [-0.2, -0.15) is 0 Å². The van der Waals surface area contributed by atoms with Crippen LogP contribution in [0.5, 0.6) is 0 Å². The van der Waals surface area contributed by atoms with E-state index in [0.717, 1.165) is 12.1 Å². The molecule has 3 rings (SSSR count). The Bertz CT molecular complexity index is 901. The van der Waals surface area contributed by atoms with Gasteiger partial charge >= 0.3 is 0 Å². The third kappa shape index (κ3) is 3.66. The van der Waals surface area contributed by atoms with Gasteiger partial charge in [-0.3, -0.25) is 14.6 Å². The minimum absolute atomic E-state index is 0. The van der Waals surface area contributed by atoms with Crippen molar-refractivity contribution in [1.29, 1.82) is 0 Å². The van der Waals surface area contributed by atoms with Gasteiger partial charge in [-0.25, -0.2) is 8.78 Å². The zero-order valence-corrected chi connectivity index (χ0v) is 14.7. The predicted octanol–water partition coefficient (Wildman–Crippen LogP) is 2.41. The smallest absolute Gasteiger partial charge is 0.253 e. The summed E-state index contributed by atoms with van der Waals surface area (Å²) in [5, 5.41) is 13.0. The molecule has 1 fully saturated rings. The Morgan fingerprint density at radius 2 is 2.15 bits per heavy atom. The molecular formula is C19H23F2N3O3. The van der Waals surface area contributed by atoms with Crippen LogP contribution >= 0.6 is 0 Å². The molecule has 146 valence electrons. The van der Waals surface area contributed by atoms with Crippen LogP contribution in [-0.4, -0.2) is 48.0 Å². The molecule has 0 radical (unpaired) electrons. The summed E-state index contributed by atoms with van der Waals surface area (Å²) in [5.41, 5.74) is -0.141. The van der Waals surface area contributed by atoms with Crippen LogP contribution in [0, 0.1) is 11.6 Å². The van der Waals surface area contributed by atoms with Crippen molar-refractivity contribution in [3.8, 4) is 11.3 Å². The number of piperidine rings is 1. The summed E-state index contributed by atoms with van der Waals surface area (Å²) in [6.45, 7) is 0.575. The molecule has 1 amide bonds. The fourth-order valence-electron chi connectivity index (χ4n) is 3.30. The number of nitrogens with zero attached hydrogens (tertiary/aromatic N) is 2. The van der Waals surface area contributed by atoms with Gasteiger partial charge in [0.15, 0.2) is 23.5 Å². The Kier molecular flexibility index (Phi) is 5.18. The van der Waals surface area contributed by atoms with Gasteiger partial charge in [0.1, 0.15) is 0 Å². The normalized spacial score (nSPS) is 19.6. The lowest BCUT2D eigenvalue weighted by molar-refractivity contribution is -0.140. The average Bonchev–Trinajstić information content (AvgIpc) is 2.68. The van der Waals surface area contributed by atoms with E-state index in [0.29, 0.717) is 42.6 Å². The highest BCUT2D eigenvalue weighted by molar-refractivity contribution is 5.88. The van der Waals surface area contributed by atoms with E-state index in [-0.39, 0.29) is 15.0 Å². The zero-order chi connectivity index (χ0) is 19.6. The van der Waals surface area contributed by atoms with Gasteiger partial charge in [-0.1, -0.05) is 0 Å². The van der Waals surface area contributed by atoms with E-state index in [1.165, 1.54) is 25.4 Å². The van der Waals surface area contributed by atoms with Gasteiger partial charge in [0, 0.05) is 27.6 Å². The monoisotopic (exact) mass is 379 g/mol. The topological polar surface area (TPSA) is 82.5 Å². The van der Waals surface area contributed by atoms with Crippen LogP contribution in [0.15, 0.2) is 30.5 Å². The molecule has 0 spiro atoms. The van der Waals surface area contributed by atoms with Crippen molar-refractivity contribution in [3.05, 3.63) is 47.7 Å². The summed E-state index contributed by atoms with van der Waals surface area (Å²) >= 11 is 0. The van der Waals surface area contributed by atoms with E-state index in [4.69, 9.17) is 0 Å². The zero-order valence-electron chi connectivity index (χ0n) is 14.7. The fourth-order valence-corrected chi connectivity index (χ4v) is 3.30. The highest BCUT2D eigenvalue weighted by Gasteiger charge is 2.40. The lowest BCUT2D eigenvalue weighted by Crippen LogP contribution is -2.56. The quantitative estimate of drug-likeness (QED) is 0.798. The summed E-state index contributed by atoms with van der Waals surface area (Å²) in [6, 6.07) is 4.86. The number of nitrogens with one attached hydrogen (secondary N) is 1. The van der Waals surface area contributed by atoms with Gasteiger partial charge in [0.05, 0.1) is 24.1 Å². The lowest BCUT2D eigenvalue weighted by Gasteiger charge is -2.39. The number of amides is 1. The van der Waals surface area contributed by atoms with Crippen molar-refractivity contribution in [3.63, 3.8) is 0 Å². The first-order chi connectivity index (χ1) is 12.9. The maximum atomic E-state index is 13.5. The Balaban J connectivity index is 0.00000210. The first-order valence-corrected chi connectivity index (χ1v) is 8.48. The molecule has 1 unspecified atom stereocenters. The highest BCUT2D eigenvalue weighted by Crippen LogP contribution is 2.30. The third-order valence-corrected chi connectivity index (χ3v) is 4.72. The number of hydrogen-bond acceptors (Lipinski definition) is 5. The number of aromatic nitrogens is 1. The number of aldehydes is 1. The molecule has 0 saturated carbocycles. The SMILES string of the molecule is CNC(=O)C1(O)CCCN(c2cnc(-c3ccc(F)c(F)c3)cc2C=O)C1.[HH].[HH]. The van der Waals surface area contributed by atoms with E-state index in [1.54, 1.807) is 4.90 Å². The van der Waals surface area contributed by atoms with Gasteiger partial charge in [0.2, 0.25) is 0 Å². The van der Waals surface area contributed by atoms with Crippen LogP contribution in [0.3, 0.4) is 0 Å². The summed E-state index contributed by atoms with van der Waals surface area (Å²) < 4.78 is 26.6. The molecule has 27 heavy (non-hydrogen) atoms. The number of pyridine rings is 1. The van der Waals surface area contributed by atoms with Crippen LogP contribution in [0.4, 0.5) is 14.5 Å². The maximum absolute atomic E-state index is 13.5. The number of β-amino-alcohol motifs (C(OH)–C–C–N with tert-alkyl or cyclic N) is 1. The number of carbonyl (C=O) groups is 2. The van der Waals surface area contributed by atoms with E-state index in [1.807, 2.05) is 0 Å². The molecular weight excluding hydrogens is 356 g/mol. The Morgan fingerprint density at radius 3 is 2.81 bits per heavy atom. The number of anilines is 1. The standard InChI is InChI=1S/C19H19F2N3O3.2H2/c1-22-18(26)19(27)5-2-6-24(11-19)17-9-23-16(8-13(17)10-25)12-3-4-14(20)15(21)7-12;;/h3-4,7-10,27H,2,5-6,11H2,1H3,(H,22,26);2*1H. The first kappa shape index (κ1) is 18.9. The second-order valence-corrected chi connectivity index (χ2v) is 6.51. The second-order valence-electron chi connectivity index (χ2n) is 6.51. The summed E-state index contributed by atoms with van der Waals surface area (Å²) in [6.07, 6.45) is 2.96. The third-order valence-electron chi connectivity index (χ3n) is 4.72. The number of likely N-dealkylation sites (N-methyl/N-ethyl adjacent to an activating group) is 1. The average molecular weight is 379 g/mol. The van der Waals surface area contributed by atoms with Crippen molar-refractivity contribution < 1.29 is 26.3 Å². The van der Waals surface area contributed by atoms with Crippen molar-refractivity contribution >= 4 is 17.9 Å². The molecule has 1 aliphatic heterocycles. The molecule has 1 atom stereocenters. The number of benzene rings is 1. The second kappa shape index (κ2) is 7.40. The number of rotatable bonds is 4. The summed E-state index contributed by atoms with van der Waals surface area (Å²) in [4.78, 5) is 29.5. The Hall–Kier alpha value is -2.87. The maximum Gasteiger partial charge on any atom is 0.253 e. The molecule has 1 saturated heterocycles. The number of carbonyl (C=O) groups excluding carboxylic acids is 2. The molecule has 8 heteroatoms. The van der Waals surface area contributed by atoms with Crippen LogP contribution < -0.4 is 10.2 Å². The lowest BCUT2D eigenvalue weighted by atomic mass is 9.91. The molecule has 1 aliphatic rings. The number of aliphatic hydroxyl groups is 1. The summed E-state index contributed by atoms with van der Waals surface area (Å²) in [7, 11) is 1.45. The van der Waals surface area contributed by atoms with Gasteiger partial charge in [0.25, 0.3) is 5.91 Å². The molecule has 2 heterocycles. The van der Waals surface area contributed by atoms with Crippen molar-refractivity contribution in [2.45, 2.75) is 18.4 Å². The van der Waals surface area contributed by atoms with Crippen molar-refractivity contribution in [1.82, 2.24) is 10.3 Å². The van der Waals surface area contributed by atoms with Gasteiger partial charge in [-0.15, -0.1) is 0 Å². The molecule has 1 aromatic heterocycles. The largest absolute Gasteiger partial charge is 0.378 e. The number of hydrogen-bond donors (Lipinski definition) is 2. The predicted molar refractivity (Wildman–Crippen MR) is 99.7 cm³/mol. The fraction of sp³-hybridized carbons (Fsp3) is 0.316. The van der Waals surface area contributed by atoms with Crippen LogP contribution in [-0.2, 0) is 4.79 Å². The molecule has 2 N–H and O–H groups in total. The Morgan fingerprint density at radius 1 is 1.37 bits per heavy atom. The number of halogens is 2. The molecule has 2 aromatic rings. The molecule has 0 bridgehead atoms. The van der Waals surface area contributed by atoms with E-state index in [2.05, 4.69) is 10.3 Å². The van der Waals surface area contributed by atoms with Crippen molar-refractivity contribution in [2.24, 2.45) is 0 Å². The highest BCUT2D eigenvalue weighted by atomic mass is 19.2. The van der Waals surface area contributed by atoms with Crippen molar-refractivity contribution in [2.75, 3.05) is 25.0 Å². The van der Waals surface area contributed by atoms with Crippen LogP contribution in [0.2, 0.25) is 0 Å². The first-order valence-electron chi connectivity index (χ1n) is 8.48. The van der Waals surface area contributed by atoms with E-state index in [9.17, 15) is 23.5 Å². The molecule has 1 aromatic carbocycles. The molecule has 0 aliphatic carbocycles. The minimum atomic E-state index is -1.55. The van der Waals surface area contributed by atoms with E-state index < -0.39 is 23.1 Å². The minimum Gasteiger partial charge on any atom is -0.378 e. The summed E-state index contributed by atoms with van der Waals surface area (Å²) in [5.74, 6) is -2.45. The van der Waals surface area contributed by atoms with Gasteiger partial charge in [-0.05, 0) is 37.1 Å². The van der Waals surface area contributed by atoms with Gasteiger partial charge < -0.3 is 15.3 Å². The van der Waals surface area contributed by atoms with Crippen LogP contribution in [0.25, 0.3) is 11.3 Å². The molecule has 6 nitrogen and oxygen atoms in total. The van der Waals surface area contributed by atoms with Crippen LogP contribution in [0.1, 0.15) is 26.1 Å².